The normalized spacial score (nSPS) is 11.8. The second-order valence-electron chi connectivity index (χ2n) is 15.7. The van der Waals surface area contributed by atoms with Gasteiger partial charge in [0.15, 0.2) is 6.10 Å². The quantitative estimate of drug-likeness (QED) is 0.0353. The Morgan fingerprint density at radius 3 is 0.769 bits per heavy atom. The van der Waals surface area contributed by atoms with E-state index in [1.54, 1.807) is 0 Å². The second kappa shape index (κ2) is 42.2. The number of carbonyl (C=O) groups excluding carboxylic acids is 3. The molecule has 308 valence electrons. The van der Waals surface area contributed by atoms with Crippen molar-refractivity contribution in [1.82, 2.24) is 0 Å². The van der Waals surface area contributed by atoms with Crippen LogP contribution in [0.1, 0.15) is 258 Å². The summed E-state index contributed by atoms with van der Waals surface area (Å²) in [5.41, 5.74) is 0. The Morgan fingerprint density at radius 1 is 0.308 bits per heavy atom. The smallest absolute Gasteiger partial charge is 0.306 e. The molecular formula is C46H88O6. The minimum Gasteiger partial charge on any atom is -0.462 e. The van der Waals surface area contributed by atoms with Crippen LogP contribution in [0.25, 0.3) is 0 Å². The summed E-state index contributed by atoms with van der Waals surface area (Å²) in [5.74, 6) is -0.860. The zero-order chi connectivity index (χ0) is 38.0. The summed E-state index contributed by atoms with van der Waals surface area (Å²) in [6.45, 7) is 6.60. The lowest BCUT2D eigenvalue weighted by Crippen LogP contribution is -2.30. The van der Waals surface area contributed by atoms with Crippen LogP contribution >= 0.6 is 0 Å². The van der Waals surface area contributed by atoms with Crippen molar-refractivity contribution in [1.29, 1.82) is 0 Å². The molecule has 0 radical (unpaired) electrons. The summed E-state index contributed by atoms with van der Waals surface area (Å²) in [4.78, 5) is 37.5. The van der Waals surface area contributed by atoms with Crippen LogP contribution in [0.5, 0.6) is 0 Å². The van der Waals surface area contributed by atoms with Crippen LogP contribution in [0, 0.1) is 0 Å². The molecule has 0 aliphatic heterocycles. The van der Waals surface area contributed by atoms with Gasteiger partial charge >= 0.3 is 17.9 Å². The van der Waals surface area contributed by atoms with Crippen molar-refractivity contribution < 1.29 is 28.6 Å². The molecule has 0 saturated carbocycles. The molecule has 0 spiro atoms. The van der Waals surface area contributed by atoms with Crippen LogP contribution in [0.4, 0.5) is 0 Å². The van der Waals surface area contributed by atoms with E-state index in [0.29, 0.717) is 19.3 Å². The van der Waals surface area contributed by atoms with Crippen LogP contribution in [0.3, 0.4) is 0 Å². The van der Waals surface area contributed by atoms with Gasteiger partial charge in [0, 0.05) is 19.3 Å². The van der Waals surface area contributed by atoms with E-state index in [9.17, 15) is 14.4 Å². The molecule has 0 aromatic heterocycles. The van der Waals surface area contributed by atoms with Crippen molar-refractivity contribution in [2.75, 3.05) is 13.2 Å². The van der Waals surface area contributed by atoms with Gasteiger partial charge in [-0.25, -0.2) is 0 Å². The first-order valence-corrected chi connectivity index (χ1v) is 23.0. The predicted octanol–water partition coefficient (Wildman–Crippen LogP) is 14.5. The van der Waals surface area contributed by atoms with Crippen LogP contribution < -0.4 is 0 Å². The summed E-state index contributed by atoms with van der Waals surface area (Å²) in [5, 5.41) is 0. The average molecular weight is 737 g/mol. The zero-order valence-electron chi connectivity index (χ0n) is 35.1. The Hall–Kier alpha value is -1.59. The van der Waals surface area contributed by atoms with Gasteiger partial charge in [-0.3, -0.25) is 14.4 Å². The van der Waals surface area contributed by atoms with Gasteiger partial charge < -0.3 is 14.2 Å². The van der Waals surface area contributed by atoms with E-state index in [4.69, 9.17) is 14.2 Å². The number of hydrogen-bond acceptors (Lipinski definition) is 6. The van der Waals surface area contributed by atoms with E-state index in [0.717, 1.165) is 57.8 Å². The molecule has 1 atom stereocenters. The monoisotopic (exact) mass is 737 g/mol. The molecule has 0 amide bonds. The highest BCUT2D eigenvalue weighted by molar-refractivity contribution is 5.71. The summed E-state index contributed by atoms with van der Waals surface area (Å²) in [6, 6.07) is 0. The standard InChI is InChI=1S/C46H88O6/c1-4-7-10-13-16-18-20-22-23-24-25-27-28-30-33-36-39-45(48)51-42-43(41-50-44(47)38-35-32-15-12-9-6-3)52-46(49)40-37-34-31-29-26-21-19-17-14-11-8-5-2/h43H,4-42H2,1-3H3. The van der Waals surface area contributed by atoms with Gasteiger partial charge in [0.1, 0.15) is 13.2 Å². The Balaban J connectivity index is 4.19. The van der Waals surface area contributed by atoms with Crippen LogP contribution in [-0.4, -0.2) is 37.2 Å². The van der Waals surface area contributed by atoms with Crippen LogP contribution in [0.2, 0.25) is 0 Å². The first kappa shape index (κ1) is 50.4. The van der Waals surface area contributed by atoms with E-state index in [1.165, 1.54) is 161 Å². The molecule has 0 aromatic rings. The van der Waals surface area contributed by atoms with E-state index < -0.39 is 6.10 Å². The summed E-state index contributed by atoms with van der Waals surface area (Å²) in [6.07, 6.45) is 42.4. The number of esters is 3. The molecule has 0 N–H and O–H groups in total. The van der Waals surface area contributed by atoms with Crippen molar-refractivity contribution >= 4 is 17.9 Å². The van der Waals surface area contributed by atoms with Gasteiger partial charge in [0.2, 0.25) is 0 Å². The summed E-state index contributed by atoms with van der Waals surface area (Å²) < 4.78 is 16.6. The topological polar surface area (TPSA) is 78.9 Å². The Morgan fingerprint density at radius 2 is 0.519 bits per heavy atom. The molecule has 0 saturated heterocycles. The number of unbranched alkanes of at least 4 members (excludes halogenated alkanes) is 31. The maximum atomic E-state index is 12.7. The van der Waals surface area contributed by atoms with Gasteiger partial charge in [0.05, 0.1) is 0 Å². The minimum atomic E-state index is -0.756. The lowest BCUT2D eigenvalue weighted by atomic mass is 10.0. The van der Waals surface area contributed by atoms with Crippen molar-refractivity contribution in [2.45, 2.75) is 264 Å². The molecule has 0 heterocycles. The molecule has 6 heteroatoms. The van der Waals surface area contributed by atoms with Gasteiger partial charge in [-0.15, -0.1) is 0 Å². The fourth-order valence-corrected chi connectivity index (χ4v) is 6.85. The van der Waals surface area contributed by atoms with Crippen LogP contribution in [0.15, 0.2) is 0 Å². The second-order valence-corrected chi connectivity index (χ2v) is 15.7. The number of carbonyl (C=O) groups is 3. The fraction of sp³-hybridized carbons (Fsp3) is 0.935. The molecule has 0 rings (SSSR count). The van der Waals surface area contributed by atoms with Gasteiger partial charge in [-0.2, -0.15) is 0 Å². The van der Waals surface area contributed by atoms with Gasteiger partial charge in [-0.1, -0.05) is 220 Å². The highest BCUT2D eigenvalue weighted by Gasteiger charge is 2.19. The third-order valence-corrected chi connectivity index (χ3v) is 10.4. The van der Waals surface area contributed by atoms with Crippen molar-refractivity contribution in [3.63, 3.8) is 0 Å². The Kier molecular flexibility index (Phi) is 40.9. The highest BCUT2D eigenvalue weighted by Crippen LogP contribution is 2.16. The lowest BCUT2D eigenvalue weighted by molar-refractivity contribution is -0.167. The van der Waals surface area contributed by atoms with Crippen molar-refractivity contribution in [3.05, 3.63) is 0 Å². The Bertz CT molecular complexity index is 768. The van der Waals surface area contributed by atoms with Gasteiger partial charge in [0.25, 0.3) is 0 Å². The third-order valence-electron chi connectivity index (χ3n) is 10.4. The average Bonchev–Trinajstić information content (AvgIpc) is 3.14. The summed E-state index contributed by atoms with van der Waals surface area (Å²) in [7, 11) is 0. The maximum absolute atomic E-state index is 12.7. The largest absolute Gasteiger partial charge is 0.462 e. The first-order chi connectivity index (χ1) is 25.5. The van der Waals surface area contributed by atoms with Crippen LogP contribution in [-0.2, 0) is 28.6 Å². The first-order valence-electron chi connectivity index (χ1n) is 23.0. The van der Waals surface area contributed by atoms with E-state index in [-0.39, 0.29) is 31.1 Å². The zero-order valence-corrected chi connectivity index (χ0v) is 35.1. The maximum Gasteiger partial charge on any atom is 0.306 e. The molecule has 1 unspecified atom stereocenters. The molecule has 52 heavy (non-hydrogen) atoms. The molecule has 0 aromatic carbocycles. The summed E-state index contributed by atoms with van der Waals surface area (Å²) >= 11 is 0. The lowest BCUT2D eigenvalue weighted by Gasteiger charge is -2.18. The third kappa shape index (κ3) is 39.6. The molecule has 0 fully saturated rings. The number of hydrogen-bond donors (Lipinski definition) is 0. The fourth-order valence-electron chi connectivity index (χ4n) is 6.85. The molecule has 0 aliphatic carbocycles. The van der Waals surface area contributed by atoms with Crippen molar-refractivity contribution in [2.24, 2.45) is 0 Å². The van der Waals surface area contributed by atoms with Crippen molar-refractivity contribution in [3.8, 4) is 0 Å². The number of ether oxygens (including phenoxy) is 3. The van der Waals surface area contributed by atoms with E-state index >= 15 is 0 Å². The van der Waals surface area contributed by atoms with E-state index in [1.807, 2.05) is 0 Å². The molecule has 6 nitrogen and oxygen atoms in total. The Labute approximate surface area is 323 Å². The SMILES string of the molecule is CCCCCCCCCCCCCCCCCCC(=O)OCC(COC(=O)CCCCCCCC)OC(=O)CCCCCCCCCCCCCC. The minimum absolute atomic E-state index is 0.0633. The van der Waals surface area contributed by atoms with E-state index in [2.05, 4.69) is 20.8 Å². The molecule has 0 aliphatic rings. The predicted molar refractivity (Wildman–Crippen MR) is 220 cm³/mol. The molecule has 0 bridgehead atoms. The molecular weight excluding hydrogens is 648 g/mol. The van der Waals surface area contributed by atoms with Gasteiger partial charge in [-0.05, 0) is 19.3 Å². The number of rotatable bonds is 42. The highest BCUT2D eigenvalue weighted by atomic mass is 16.6.